The van der Waals surface area contributed by atoms with Gasteiger partial charge >= 0.3 is 0 Å². The Morgan fingerprint density at radius 2 is 2.17 bits per heavy atom. The van der Waals surface area contributed by atoms with Gasteiger partial charge in [0, 0.05) is 30.1 Å². The van der Waals surface area contributed by atoms with E-state index in [1.165, 1.54) is 0 Å². The van der Waals surface area contributed by atoms with Crippen LogP contribution in [0.1, 0.15) is 30.1 Å². The SMILES string of the molecule is Cn1nc(CNc2cc(C3CC(O)C3)ncn2)c2c(Cl)cccc21. The molecule has 124 valence electrons. The van der Waals surface area contributed by atoms with Gasteiger partial charge in [-0.15, -0.1) is 0 Å². The van der Waals surface area contributed by atoms with Gasteiger partial charge in [0.05, 0.1) is 28.9 Å². The highest BCUT2D eigenvalue weighted by Gasteiger charge is 2.29. The summed E-state index contributed by atoms with van der Waals surface area (Å²) in [6.45, 7) is 0.533. The zero-order valence-electron chi connectivity index (χ0n) is 13.3. The summed E-state index contributed by atoms with van der Waals surface area (Å²) >= 11 is 6.33. The molecule has 7 heteroatoms. The molecule has 1 fully saturated rings. The third-order valence-corrected chi connectivity index (χ3v) is 4.87. The second kappa shape index (κ2) is 6.03. The molecule has 0 aliphatic heterocycles. The maximum absolute atomic E-state index is 9.45. The minimum Gasteiger partial charge on any atom is -0.393 e. The largest absolute Gasteiger partial charge is 0.393 e. The first-order valence-electron chi connectivity index (χ1n) is 7.96. The number of aliphatic hydroxyl groups is 1. The number of rotatable bonds is 4. The second-order valence-electron chi connectivity index (χ2n) is 6.21. The molecule has 6 nitrogen and oxygen atoms in total. The summed E-state index contributed by atoms with van der Waals surface area (Å²) in [7, 11) is 1.91. The van der Waals surface area contributed by atoms with Crippen LogP contribution in [0.3, 0.4) is 0 Å². The summed E-state index contributed by atoms with van der Waals surface area (Å²) in [6, 6.07) is 7.75. The number of aliphatic hydroxyl groups excluding tert-OH is 1. The number of fused-ring (bicyclic) bond motifs is 1. The smallest absolute Gasteiger partial charge is 0.129 e. The lowest BCUT2D eigenvalue weighted by Gasteiger charge is -2.30. The number of anilines is 1. The van der Waals surface area contributed by atoms with Crippen LogP contribution in [-0.2, 0) is 13.6 Å². The lowest BCUT2D eigenvalue weighted by molar-refractivity contribution is 0.0732. The lowest BCUT2D eigenvalue weighted by atomic mass is 9.80. The Morgan fingerprint density at radius 3 is 2.96 bits per heavy atom. The predicted octanol–water partition coefficient (Wildman–Crippen LogP) is 2.87. The number of hydrogen-bond donors (Lipinski definition) is 2. The van der Waals surface area contributed by atoms with Crippen LogP contribution < -0.4 is 5.32 Å². The summed E-state index contributed by atoms with van der Waals surface area (Å²) < 4.78 is 1.83. The highest BCUT2D eigenvalue weighted by molar-refractivity contribution is 6.35. The number of hydrogen-bond acceptors (Lipinski definition) is 5. The van der Waals surface area contributed by atoms with Crippen LogP contribution in [0, 0.1) is 0 Å². The number of aromatic nitrogens is 4. The van der Waals surface area contributed by atoms with Crippen LogP contribution in [0.5, 0.6) is 0 Å². The molecule has 24 heavy (non-hydrogen) atoms. The van der Waals surface area contributed by atoms with Crippen molar-refractivity contribution in [3.05, 3.63) is 47.0 Å². The van der Waals surface area contributed by atoms with E-state index in [0.29, 0.717) is 17.5 Å². The van der Waals surface area contributed by atoms with Gasteiger partial charge in [-0.05, 0) is 25.0 Å². The Kier molecular flexibility index (Phi) is 3.86. The molecule has 0 saturated heterocycles. The molecular formula is C17H18ClN5O. The molecule has 1 saturated carbocycles. The topological polar surface area (TPSA) is 75.9 Å². The van der Waals surface area contributed by atoms with Crippen molar-refractivity contribution in [1.82, 2.24) is 19.7 Å². The van der Waals surface area contributed by atoms with Gasteiger partial charge in [-0.1, -0.05) is 17.7 Å². The van der Waals surface area contributed by atoms with Crippen molar-refractivity contribution in [1.29, 1.82) is 0 Å². The molecule has 2 heterocycles. The van der Waals surface area contributed by atoms with Crippen LogP contribution >= 0.6 is 11.6 Å². The van der Waals surface area contributed by atoms with Crippen molar-refractivity contribution in [2.45, 2.75) is 31.4 Å². The van der Waals surface area contributed by atoms with Crippen LogP contribution in [0.25, 0.3) is 10.9 Å². The van der Waals surface area contributed by atoms with Crippen molar-refractivity contribution in [2.75, 3.05) is 5.32 Å². The molecule has 0 spiro atoms. The van der Waals surface area contributed by atoms with Crippen molar-refractivity contribution in [3.8, 4) is 0 Å². The third kappa shape index (κ3) is 2.72. The molecule has 0 radical (unpaired) electrons. The molecule has 4 rings (SSSR count). The van der Waals surface area contributed by atoms with Gasteiger partial charge in [-0.2, -0.15) is 5.10 Å². The second-order valence-corrected chi connectivity index (χ2v) is 6.62. The molecular weight excluding hydrogens is 326 g/mol. The van der Waals surface area contributed by atoms with Crippen molar-refractivity contribution < 1.29 is 5.11 Å². The fourth-order valence-corrected chi connectivity index (χ4v) is 3.45. The molecule has 0 unspecified atom stereocenters. The Morgan fingerprint density at radius 1 is 1.33 bits per heavy atom. The average Bonchev–Trinajstić information content (AvgIpc) is 2.88. The Balaban J connectivity index is 1.54. The summed E-state index contributed by atoms with van der Waals surface area (Å²) in [5.74, 6) is 1.08. The van der Waals surface area contributed by atoms with E-state index in [4.69, 9.17) is 11.6 Å². The summed E-state index contributed by atoms with van der Waals surface area (Å²) in [6.07, 6.45) is 2.92. The van der Waals surface area contributed by atoms with Gasteiger partial charge in [0.25, 0.3) is 0 Å². The predicted molar refractivity (Wildman–Crippen MR) is 93.1 cm³/mol. The Bertz CT molecular complexity index is 888. The van der Waals surface area contributed by atoms with E-state index in [1.807, 2.05) is 36.0 Å². The quantitative estimate of drug-likeness (QED) is 0.761. The highest BCUT2D eigenvalue weighted by atomic mass is 35.5. The first-order chi connectivity index (χ1) is 11.6. The van der Waals surface area contributed by atoms with Crippen molar-refractivity contribution >= 4 is 28.3 Å². The molecule has 2 N–H and O–H groups in total. The van der Waals surface area contributed by atoms with Crippen molar-refractivity contribution in [3.63, 3.8) is 0 Å². The van der Waals surface area contributed by atoms with Crippen LogP contribution in [0.4, 0.5) is 5.82 Å². The molecule has 0 bridgehead atoms. The van der Waals surface area contributed by atoms with E-state index in [1.54, 1.807) is 6.33 Å². The maximum atomic E-state index is 9.45. The first kappa shape index (κ1) is 15.4. The minimum absolute atomic E-state index is 0.191. The fourth-order valence-electron chi connectivity index (χ4n) is 3.17. The highest BCUT2D eigenvalue weighted by Crippen LogP contribution is 2.36. The maximum Gasteiger partial charge on any atom is 0.129 e. The zero-order valence-corrected chi connectivity index (χ0v) is 14.0. The molecule has 1 aliphatic carbocycles. The Labute approximate surface area is 144 Å². The van der Waals surface area contributed by atoms with Crippen LogP contribution in [0.15, 0.2) is 30.6 Å². The third-order valence-electron chi connectivity index (χ3n) is 4.56. The van der Waals surface area contributed by atoms with E-state index in [-0.39, 0.29) is 6.10 Å². The first-order valence-corrected chi connectivity index (χ1v) is 8.33. The van der Waals surface area contributed by atoms with E-state index in [2.05, 4.69) is 20.4 Å². The molecule has 3 aromatic rings. The molecule has 0 atom stereocenters. The van der Waals surface area contributed by atoms with Crippen LogP contribution in [-0.4, -0.2) is 31.0 Å². The molecule has 1 aromatic carbocycles. The molecule has 1 aliphatic rings. The van der Waals surface area contributed by atoms with E-state index >= 15 is 0 Å². The molecule has 2 aromatic heterocycles. The standard InChI is InChI=1S/C17H18ClN5O/c1-23-15-4-2-3-12(18)17(15)14(22-23)8-19-16-7-13(20-9-21-16)10-5-11(24)6-10/h2-4,7,9-11,24H,5-6,8H2,1H3,(H,19,20,21). The van der Waals surface area contributed by atoms with Gasteiger partial charge < -0.3 is 10.4 Å². The van der Waals surface area contributed by atoms with E-state index < -0.39 is 0 Å². The van der Waals surface area contributed by atoms with Gasteiger partial charge in [-0.3, -0.25) is 4.68 Å². The van der Waals surface area contributed by atoms with Crippen LogP contribution in [0.2, 0.25) is 5.02 Å². The van der Waals surface area contributed by atoms with Gasteiger partial charge in [0.2, 0.25) is 0 Å². The van der Waals surface area contributed by atoms with E-state index in [9.17, 15) is 5.11 Å². The number of benzene rings is 1. The number of nitrogens with zero attached hydrogens (tertiary/aromatic N) is 4. The number of nitrogens with one attached hydrogen (secondary N) is 1. The van der Waals surface area contributed by atoms with Gasteiger partial charge in [0.15, 0.2) is 0 Å². The van der Waals surface area contributed by atoms with E-state index in [0.717, 1.165) is 41.0 Å². The normalized spacial score (nSPS) is 20.1. The molecule has 0 amide bonds. The van der Waals surface area contributed by atoms with Gasteiger partial charge in [-0.25, -0.2) is 9.97 Å². The fraction of sp³-hybridized carbons (Fsp3) is 0.353. The average molecular weight is 344 g/mol. The minimum atomic E-state index is -0.191. The Hall–Kier alpha value is -2.18. The van der Waals surface area contributed by atoms with Gasteiger partial charge in [0.1, 0.15) is 12.1 Å². The monoisotopic (exact) mass is 343 g/mol. The summed E-state index contributed by atoms with van der Waals surface area (Å²) in [5, 5.41) is 19.0. The number of aryl methyl sites for hydroxylation is 1. The lowest BCUT2D eigenvalue weighted by Crippen LogP contribution is -2.27. The summed E-state index contributed by atoms with van der Waals surface area (Å²) in [5.41, 5.74) is 2.87. The number of halogens is 1. The zero-order chi connectivity index (χ0) is 16.7. The van der Waals surface area contributed by atoms with Crippen molar-refractivity contribution in [2.24, 2.45) is 7.05 Å². The summed E-state index contributed by atoms with van der Waals surface area (Å²) in [4.78, 5) is 8.59.